The summed E-state index contributed by atoms with van der Waals surface area (Å²) >= 11 is 0. The number of carboxylic acid groups (broad SMARTS) is 1. The van der Waals surface area contributed by atoms with E-state index in [1.165, 1.54) is 4.57 Å². The lowest BCUT2D eigenvalue weighted by Gasteiger charge is -2.07. The van der Waals surface area contributed by atoms with Crippen molar-refractivity contribution >= 4 is 27.9 Å². The van der Waals surface area contributed by atoms with E-state index < -0.39 is 6.09 Å². The molecule has 0 amide bonds. The van der Waals surface area contributed by atoms with Crippen LogP contribution in [0.25, 0.3) is 32.9 Å². The first-order valence-electron chi connectivity index (χ1n) is 7.08. The van der Waals surface area contributed by atoms with Gasteiger partial charge in [-0.05, 0) is 11.6 Å². The topological polar surface area (TPSA) is 42.2 Å². The van der Waals surface area contributed by atoms with Gasteiger partial charge in [-0.15, -0.1) is 0 Å². The summed E-state index contributed by atoms with van der Waals surface area (Å²) in [4.78, 5) is 11.8. The Balaban J connectivity index is 2.23. The van der Waals surface area contributed by atoms with Crippen LogP contribution in [0.1, 0.15) is 0 Å². The molecule has 0 spiro atoms. The Bertz CT molecular complexity index is 1000. The van der Waals surface area contributed by atoms with Crippen LogP contribution >= 0.6 is 0 Å². The maximum atomic E-state index is 11.8. The van der Waals surface area contributed by atoms with Crippen LogP contribution in [-0.4, -0.2) is 15.8 Å². The van der Waals surface area contributed by atoms with Crippen molar-refractivity contribution in [1.82, 2.24) is 4.57 Å². The van der Waals surface area contributed by atoms with Crippen molar-refractivity contribution in [2.45, 2.75) is 0 Å². The molecule has 0 saturated carbocycles. The van der Waals surface area contributed by atoms with Crippen LogP contribution < -0.4 is 0 Å². The second-order valence-electron chi connectivity index (χ2n) is 5.20. The molecule has 0 radical (unpaired) electrons. The van der Waals surface area contributed by atoms with Gasteiger partial charge < -0.3 is 5.11 Å². The van der Waals surface area contributed by atoms with Gasteiger partial charge in [-0.3, -0.25) is 0 Å². The number of carbonyl (C=O) groups is 1. The Hall–Kier alpha value is -3.07. The van der Waals surface area contributed by atoms with E-state index in [1.807, 2.05) is 72.8 Å². The molecular formula is C19H13NO2. The van der Waals surface area contributed by atoms with Crippen LogP contribution in [0.15, 0.2) is 72.8 Å². The normalized spacial score (nSPS) is 11.1. The van der Waals surface area contributed by atoms with Crippen LogP contribution in [-0.2, 0) is 0 Å². The third-order valence-corrected chi connectivity index (χ3v) is 3.97. The number of hydrogen-bond donors (Lipinski definition) is 1. The van der Waals surface area contributed by atoms with Crippen LogP contribution in [0.4, 0.5) is 4.79 Å². The Kier molecular flexibility index (Phi) is 2.73. The predicted octanol–water partition coefficient (Wildman–Crippen LogP) is 4.99. The van der Waals surface area contributed by atoms with Crippen LogP contribution in [0.5, 0.6) is 0 Å². The number of benzene rings is 3. The van der Waals surface area contributed by atoms with Crippen molar-refractivity contribution in [2.24, 2.45) is 0 Å². The maximum Gasteiger partial charge on any atom is 0.416 e. The van der Waals surface area contributed by atoms with E-state index >= 15 is 0 Å². The van der Waals surface area contributed by atoms with E-state index in [0.717, 1.165) is 27.4 Å². The van der Waals surface area contributed by atoms with Gasteiger partial charge in [-0.2, -0.15) is 0 Å². The summed E-state index contributed by atoms with van der Waals surface area (Å²) in [6.07, 6.45) is -0.963. The van der Waals surface area contributed by atoms with Gasteiger partial charge in [-0.1, -0.05) is 66.7 Å². The number of para-hydroxylation sites is 2. The molecule has 4 rings (SSSR count). The van der Waals surface area contributed by atoms with Crippen molar-refractivity contribution in [2.75, 3.05) is 0 Å². The van der Waals surface area contributed by atoms with Crippen molar-refractivity contribution in [1.29, 1.82) is 0 Å². The largest absolute Gasteiger partial charge is 0.464 e. The molecule has 22 heavy (non-hydrogen) atoms. The van der Waals surface area contributed by atoms with E-state index in [1.54, 1.807) is 0 Å². The molecule has 1 N–H and O–H groups in total. The van der Waals surface area contributed by atoms with Gasteiger partial charge in [0.2, 0.25) is 0 Å². The molecule has 0 aliphatic rings. The van der Waals surface area contributed by atoms with Gasteiger partial charge in [0.05, 0.1) is 11.0 Å². The molecule has 3 aromatic carbocycles. The summed E-state index contributed by atoms with van der Waals surface area (Å²) in [5, 5.41) is 11.6. The second kappa shape index (κ2) is 4.74. The fourth-order valence-electron chi connectivity index (χ4n) is 3.07. The minimum absolute atomic E-state index is 0.716. The molecule has 3 heteroatoms. The number of hydrogen-bond acceptors (Lipinski definition) is 1. The molecule has 0 aliphatic carbocycles. The zero-order chi connectivity index (χ0) is 15.1. The van der Waals surface area contributed by atoms with Crippen LogP contribution in [0.2, 0.25) is 0 Å². The molecule has 106 valence electrons. The molecule has 0 atom stereocenters. The lowest BCUT2D eigenvalue weighted by atomic mass is 10.0. The van der Waals surface area contributed by atoms with E-state index in [2.05, 4.69) is 0 Å². The average Bonchev–Trinajstić information content (AvgIpc) is 2.90. The second-order valence-corrected chi connectivity index (χ2v) is 5.20. The van der Waals surface area contributed by atoms with Crippen molar-refractivity contribution < 1.29 is 9.90 Å². The summed E-state index contributed by atoms with van der Waals surface area (Å²) in [5.41, 5.74) is 3.39. The summed E-state index contributed by atoms with van der Waals surface area (Å²) in [6, 6.07) is 23.4. The molecule has 0 saturated heterocycles. The zero-order valence-electron chi connectivity index (χ0n) is 11.7. The van der Waals surface area contributed by atoms with Crippen LogP contribution in [0, 0.1) is 0 Å². The van der Waals surface area contributed by atoms with Crippen LogP contribution in [0.3, 0.4) is 0 Å². The minimum Gasteiger partial charge on any atom is -0.464 e. The summed E-state index contributed by atoms with van der Waals surface area (Å²) < 4.78 is 1.38. The molecule has 4 aromatic rings. The summed E-state index contributed by atoms with van der Waals surface area (Å²) in [6.45, 7) is 0. The van der Waals surface area contributed by atoms with Crippen molar-refractivity contribution in [3.8, 4) is 11.1 Å². The smallest absolute Gasteiger partial charge is 0.416 e. The van der Waals surface area contributed by atoms with Crippen molar-refractivity contribution in [3.05, 3.63) is 72.8 Å². The first-order chi connectivity index (χ1) is 10.8. The molecule has 1 aromatic heterocycles. The van der Waals surface area contributed by atoms with E-state index in [-0.39, 0.29) is 0 Å². The molecule has 0 fully saturated rings. The fourth-order valence-corrected chi connectivity index (χ4v) is 3.07. The molecule has 0 unspecified atom stereocenters. The Labute approximate surface area is 127 Å². The summed E-state index contributed by atoms with van der Waals surface area (Å²) in [7, 11) is 0. The number of fused-ring (bicyclic) bond motifs is 3. The quantitative estimate of drug-likeness (QED) is 0.536. The number of nitrogens with zero attached hydrogens (tertiary/aromatic N) is 1. The van der Waals surface area contributed by atoms with Gasteiger partial charge in [0.1, 0.15) is 0 Å². The third-order valence-electron chi connectivity index (χ3n) is 3.97. The Morgan fingerprint density at radius 3 is 2.23 bits per heavy atom. The van der Waals surface area contributed by atoms with Gasteiger partial charge in [0.15, 0.2) is 0 Å². The highest BCUT2D eigenvalue weighted by Gasteiger charge is 2.17. The third kappa shape index (κ3) is 1.72. The summed E-state index contributed by atoms with van der Waals surface area (Å²) in [5.74, 6) is 0. The predicted molar refractivity (Wildman–Crippen MR) is 88.3 cm³/mol. The van der Waals surface area contributed by atoms with Gasteiger partial charge in [-0.25, -0.2) is 9.36 Å². The van der Waals surface area contributed by atoms with E-state index in [4.69, 9.17) is 0 Å². The molecule has 0 aliphatic heterocycles. The van der Waals surface area contributed by atoms with E-state index in [0.29, 0.717) is 5.52 Å². The molecule has 3 nitrogen and oxygen atoms in total. The monoisotopic (exact) mass is 287 g/mol. The first kappa shape index (κ1) is 12.7. The van der Waals surface area contributed by atoms with Crippen molar-refractivity contribution in [3.63, 3.8) is 0 Å². The molecular weight excluding hydrogens is 274 g/mol. The maximum absolute atomic E-state index is 11.8. The Morgan fingerprint density at radius 1 is 0.773 bits per heavy atom. The zero-order valence-corrected chi connectivity index (χ0v) is 11.7. The average molecular weight is 287 g/mol. The van der Waals surface area contributed by atoms with E-state index in [9.17, 15) is 9.90 Å². The molecule has 1 heterocycles. The number of aromatic nitrogens is 1. The highest BCUT2D eigenvalue weighted by Crippen LogP contribution is 2.35. The minimum atomic E-state index is -0.963. The number of rotatable bonds is 1. The van der Waals surface area contributed by atoms with Gasteiger partial charge in [0, 0.05) is 16.3 Å². The standard InChI is InChI=1S/C19H13NO2/c21-19(22)20-17-12-5-4-9-15(17)16-11-6-10-14(18(16)20)13-7-2-1-3-8-13/h1-12H,(H,21,22). The lowest BCUT2D eigenvalue weighted by Crippen LogP contribution is -2.07. The van der Waals surface area contributed by atoms with Gasteiger partial charge in [0.25, 0.3) is 0 Å². The van der Waals surface area contributed by atoms with Gasteiger partial charge >= 0.3 is 6.09 Å². The highest BCUT2D eigenvalue weighted by molar-refractivity contribution is 6.16. The Morgan fingerprint density at radius 2 is 1.45 bits per heavy atom. The lowest BCUT2D eigenvalue weighted by molar-refractivity contribution is 0.198. The highest BCUT2D eigenvalue weighted by atomic mass is 16.4. The fraction of sp³-hybridized carbons (Fsp3) is 0. The SMILES string of the molecule is O=C(O)n1c2ccccc2c2cccc(-c3ccccc3)c21. The molecule has 0 bridgehead atoms. The first-order valence-corrected chi connectivity index (χ1v) is 7.08.